The predicted molar refractivity (Wildman–Crippen MR) is 195 cm³/mol. The average molecular weight is 586 g/mol. The van der Waals surface area contributed by atoms with Crippen LogP contribution in [-0.4, -0.2) is 0 Å². The standard InChI is InChI=1S/C44H43N/c1-43(2,3)38-29-36(32-16-10-7-11-17-32)28-37(30-38)34-24-22-33(23-25-34)35-26-27-42(41(31-35)44(4,5)6)45(39-18-12-8-13-19-39)40-20-14-9-15-21-40/h7-31H,1-6H3. The van der Waals surface area contributed by atoms with E-state index in [1.807, 2.05) is 0 Å². The third-order valence-corrected chi connectivity index (χ3v) is 8.53. The molecule has 0 aromatic heterocycles. The third kappa shape index (κ3) is 6.64. The maximum absolute atomic E-state index is 2.39. The molecule has 6 aromatic carbocycles. The lowest BCUT2D eigenvalue weighted by molar-refractivity contribution is 0.590. The van der Waals surface area contributed by atoms with E-state index >= 15 is 0 Å². The summed E-state index contributed by atoms with van der Waals surface area (Å²) in [4.78, 5) is 2.37. The van der Waals surface area contributed by atoms with Gasteiger partial charge in [0.2, 0.25) is 0 Å². The second kappa shape index (κ2) is 12.3. The molecule has 0 saturated heterocycles. The summed E-state index contributed by atoms with van der Waals surface area (Å²) in [5.41, 5.74) is 13.6. The monoisotopic (exact) mass is 585 g/mol. The maximum Gasteiger partial charge on any atom is 0.0499 e. The summed E-state index contributed by atoms with van der Waals surface area (Å²) >= 11 is 0. The number of anilines is 3. The topological polar surface area (TPSA) is 3.24 Å². The first-order valence-electron chi connectivity index (χ1n) is 15.9. The Morgan fingerprint density at radius 1 is 0.356 bits per heavy atom. The Morgan fingerprint density at radius 2 is 0.778 bits per heavy atom. The molecule has 0 N–H and O–H groups in total. The molecule has 0 fully saturated rings. The van der Waals surface area contributed by atoms with Crippen molar-refractivity contribution in [2.45, 2.75) is 52.4 Å². The van der Waals surface area contributed by atoms with E-state index in [-0.39, 0.29) is 10.8 Å². The number of para-hydroxylation sites is 2. The van der Waals surface area contributed by atoms with Gasteiger partial charge in [-0.05, 0) is 97.8 Å². The molecule has 0 heterocycles. The highest BCUT2D eigenvalue weighted by Crippen LogP contribution is 2.43. The highest BCUT2D eigenvalue weighted by atomic mass is 15.1. The molecule has 1 nitrogen and oxygen atoms in total. The van der Waals surface area contributed by atoms with Crippen LogP contribution >= 0.6 is 0 Å². The van der Waals surface area contributed by atoms with Crippen molar-refractivity contribution in [3.63, 3.8) is 0 Å². The SMILES string of the molecule is CC(C)(C)c1cc(-c2ccccc2)cc(-c2ccc(-c3ccc(N(c4ccccc4)c4ccccc4)c(C(C)(C)C)c3)cc2)c1. The lowest BCUT2D eigenvalue weighted by Gasteiger charge is -2.32. The van der Waals surface area contributed by atoms with Crippen LogP contribution in [0.2, 0.25) is 0 Å². The molecule has 0 aliphatic heterocycles. The van der Waals surface area contributed by atoms with Crippen LogP contribution in [0.3, 0.4) is 0 Å². The quantitative estimate of drug-likeness (QED) is 0.188. The van der Waals surface area contributed by atoms with Gasteiger partial charge in [-0.3, -0.25) is 0 Å². The predicted octanol–water partition coefficient (Wildman–Crippen LogP) is 12.8. The van der Waals surface area contributed by atoms with Crippen molar-refractivity contribution in [2.24, 2.45) is 0 Å². The van der Waals surface area contributed by atoms with Crippen LogP contribution < -0.4 is 4.90 Å². The molecular formula is C44H43N. The van der Waals surface area contributed by atoms with Crippen LogP contribution in [0.4, 0.5) is 17.1 Å². The Bertz CT molecular complexity index is 1830. The van der Waals surface area contributed by atoms with E-state index in [9.17, 15) is 0 Å². The molecular weight excluding hydrogens is 542 g/mol. The molecule has 224 valence electrons. The summed E-state index contributed by atoms with van der Waals surface area (Å²) in [5, 5.41) is 0. The Balaban J connectivity index is 1.41. The molecule has 1 heteroatoms. The zero-order chi connectivity index (χ0) is 31.6. The minimum atomic E-state index is -0.0612. The normalized spacial score (nSPS) is 11.8. The zero-order valence-electron chi connectivity index (χ0n) is 27.4. The number of hydrogen-bond donors (Lipinski definition) is 0. The number of hydrogen-bond acceptors (Lipinski definition) is 1. The average Bonchev–Trinajstić information content (AvgIpc) is 3.05. The van der Waals surface area contributed by atoms with E-state index in [2.05, 4.69) is 198 Å². The van der Waals surface area contributed by atoms with Gasteiger partial charge in [0, 0.05) is 17.1 Å². The number of benzene rings is 6. The lowest BCUT2D eigenvalue weighted by atomic mass is 9.82. The van der Waals surface area contributed by atoms with Crippen LogP contribution in [0, 0.1) is 0 Å². The van der Waals surface area contributed by atoms with Gasteiger partial charge in [0.05, 0.1) is 0 Å². The van der Waals surface area contributed by atoms with Crippen molar-refractivity contribution in [1.29, 1.82) is 0 Å². The van der Waals surface area contributed by atoms with Crippen LogP contribution in [0.15, 0.2) is 152 Å². The van der Waals surface area contributed by atoms with E-state index in [0.29, 0.717) is 0 Å². The molecule has 0 spiro atoms. The Labute approximate surface area is 269 Å². The highest BCUT2D eigenvalue weighted by Gasteiger charge is 2.24. The van der Waals surface area contributed by atoms with Gasteiger partial charge in [0.15, 0.2) is 0 Å². The molecule has 0 unspecified atom stereocenters. The smallest absolute Gasteiger partial charge is 0.0499 e. The van der Waals surface area contributed by atoms with Gasteiger partial charge < -0.3 is 4.90 Å². The fourth-order valence-corrected chi connectivity index (χ4v) is 5.97. The summed E-state index contributed by atoms with van der Waals surface area (Å²) in [7, 11) is 0. The molecule has 0 aliphatic carbocycles. The van der Waals surface area contributed by atoms with Crippen molar-refractivity contribution in [2.75, 3.05) is 4.90 Å². The van der Waals surface area contributed by atoms with E-state index in [1.54, 1.807) is 0 Å². The largest absolute Gasteiger partial charge is 0.310 e. The minimum absolute atomic E-state index is 0.0535. The fraction of sp³-hybridized carbons (Fsp3) is 0.182. The van der Waals surface area contributed by atoms with Gasteiger partial charge in [0.25, 0.3) is 0 Å². The minimum Gasteiger partial charge on any atom is -0.310 e. The van der Waals surface area contributed by atoms with Gasteiger partial charge in [-0.15, -0.1) is 0 Å². The molecule has 0 saturated carbocycles. The van der Waals surface area contributed by atoms with Crippen LogP contribution in [0.5, 0.6) is 0 Å². The molecule has 0 atom stereocenters. The maximum atomic E-state index is 2.39. The fourth-order valence-electron chi connectivity index (χ4n) is 5.97. The van der Waals surface area contributed by atoms with Gasteiger partial charge in [-0.2, -0.15) is 0 Å². The van der Waals surface area contributed by atoms with Gasteiger partial charge >= 0.3 is 0 Å². The molecule has 6 aromatic rings. The number of rotatable bonds is 6. The van der Waals surface area contributed by atoms with E-state index in [1.165, 1.54) is 50.2 Å². The van der Waals surface area contributed by atoms with Gasteiger partial charge in [0.1, 0.15) is 0 Å². The second-order valence-electron chi connectivity index (χ2n) is 14.0. The van der Waals surface area contributed by atoms with E-state index in [4.69, 9.17) is 0 Å². The molecule has 6 rings (SSSR count). The highest BCUT2D eigenvalue weighted by molar-refractivity contribution is 5.82. The van der Waals surface area contributed by atoms with Crippen molar-refractivity contribution >= 4 is 17.1 Å². The Kier molecular flexibility index (Phi) is 8.21. The molecule has 0 bridgehead atoms. The second-order valence-corrected chi connectivity index (χ2v) is 14.0. The van der Waals surface area contributed by atoms with Crippen molar-refractivity contribution in [3.05, 3.63) is 163 Å². The molecule has 0 radical (unpaired) electrons. The lowest BCUT2D eigenvalue weighted by Crippen LogP contribution is -2.19. The van der Waals surface area contributed by atoms with E-state index in [0.717, 1.165) is 11.4 Å². The van der Waals surface area contributed by atoms with Gasteiger partial charge in [-0.1, -0.05) is 151 Å². The van der Waals surface area contributed by atoms with Crippen LogP contribution in [-0.2, 0) is 10.8 Å². The molecule has 0 amide bonds. The summed E-state index contributed by atoms with van der Waals surface area (Å²) < 4.78 is 0. The van der Waals surface area contributed by atoms with Crippen LogP contribution in [0.1, 0.15) is 52.7 Å². The summed E-state index contributed by atoms with van der Waals surface area (Å²) in [6.45, 7) is 13.8. The van der Waals surface area contributed by atoms with Crippen LogP contribution in [0.25, 0.3) is 33.4 Å². The van der Waals surface area contributed by atoms with Crippen molar-refractivity contribution < 1.29 is 0 Å². The summed E-state index contributed by atoms with van der Waals surface area (Å²) in [6, 6.07) is 55.1. The Hall–Kier alpha value is -4.88. The Morgan fingerprint density at radius 3 is 1.24 bits per heavy atom. The summed E-state index contributed by atoms with van der Waals surface area (Å²) in [6.07, 6.45) is 0. The first-order valence-corrected chi connectivity index (χ1v) is 15.9. The molecule has 45 heavy (non-hydrogen) atoms. The van der Waals surface area contributed by atoms with E-state index < -0.39 is 0 Å². The number of nitrogens with zero attached hydrogens (tertiary/aromatic N) is 1. The summed E-state index contributed by atoms with van der Waals surface area (Å²) in [5.74, 6) is 0. The first-order chi connectivity index (χ1) is 21.6. The van der Waals surface area contributed by atoms with Crippen molar-refractivity contribution in [1.82, 2.24) is 0 Å². The first kappa shape index (κ1) is 30.2. The molecule has 0 aliphatic rings. The third-order valence-electron chi connectivity index (χ3n) is 8.53. The zero-order valence-corrected chi connectivity index (χ0v) is 27.4. The van der Waals surface area contributed by atoms with Crippen molar-refractivity contribution in [3.8, 4) is 33.4 Å². The van der Waals surface area contributed by atoms with Gasteiger partial charge in [-0.25, -0.2) is 0 Å².